The number of hydrogen-bond donors (Lipinski definition) is 2. The lowest BCUT2D eigenvalue weighted by Gasteiger charge is -2.30. The molecule has 2 N–H and O–H groups in total. The van der Waals surface area contributed by atoms with Crippen LogP contribution in [0.15, 0.2) is 59.1 Å². The molecule has 0 spiro atoms. The Hall–Kier alpha value is -2.63. The van der Waals surface area contributed by atoms with Crippen molar-refractivity contribution in [2.24, 2.45) is 5.92 Å². The standard InChI is InChI=1S/C23H25N3O2.ClH/c1-15-7-9-17(10-8-15)21-14-25-23(28-21)19-6-4-3-5-18(19)22(27)26-20-11-12-24-13-16(20)2;/h3-10,14,16,20,24H,11-13H2,1-2H3,(H,26,27);1H. The average Bonchev–Trinajstić information content (AvgIpc) is 3.20. The molecule has 0 aliphatic carbocycles. The molecule has 0 radical (unpaired) electrons. The number of piperidine rings is 1. The van der Waals surface area contributed by atoms with Crippen molar-refractivity contribution in [3.63, 3.8) is 0 Å². The van der Waals surface area contributed by atoms with Crippen LogP contribution in [0.4, 0.5) is 0 Å². The third-order valence-corrected chi connectivity index (χ3v) is 5.35. The van der Waals surface area contributed by atoms with Gasteiger partial charge in [-0.25, -0.2) is 4.98 Å². The first-order chi connectivity index (χ1) is 13.6. The minimum absolute atomic E-state index is 0. The van der Waals surface area contributed by atoms with Crippen LogP contribution in [0.25, 0.3) is 22.8 Å². The van der Waals surface area contributed by atoms with Crippen LogP contribution in [-0.4, -0.2) is 30.0 Å². The minimum Gasteiger partial charge on any atom is -0.436 e. The van der Waals surface area contributed by atoms with Gasteiger partial charge in [0.05, 0.1) is 11.8 Å². The Kier molecular flexibility index (Phi) is 6.72. The molecule has 0 bridgehead atoms. The highest BCUT2D eigenvalue weighted by atomic mass is 35.5. The monoisotopic (exact) mass is 411 g/mol. The quantitative estimate of drug-likeness (QED) is 0.664. The summed E-state index contributed by atoms with van der Waals surface area (Å²) >= 11 is 0. The van der Waals surface area contributed by atoms with E-state index < -0.39 is 0 Å². The van der Waals surface area contributed by atoms with Gasteiger partial charge in [-0.15, -0.1) is 12.4 Å². The van der Waals surface area contributed by atoms with Crippen molar-refractivity contribution in [1.82, 2.24) is 15.6 Å². The first kappa shape index (κ1) is 21.1. The summed E-state index contributed by atoms with van der Waals surface area (Å²) in [4.78, 5) is 17.4. The van der Waals surface area contributed by atoms with Crippen molar-refractivity contribution >= 4 is 18.3 Å². The van der Waals surface area contributed by atoms with Crippen molar-refractivity contribution in [2.45, 2.75) is 26.3 Å². The summed E-state index contributed by atoms with van der Waals surface area (Å²) in [5.74, 6) is 1.47. The Morgan fingerprint density at radius 1 is 1.17 bits per heavy atom. The summed E-state index contributed by atoms with van der Waals surface area (Å²) in [5, 5.41) is 6.55. The third-order valence-electron chi connectivity index (χ3n) is 5.35. The number of oxazole rings is 1. The molecular weight excluding hydrogens is 386 g/mol. The van der Waals surface area contributed by atoms with E-state index in [9.17, 15) is 4.79 Å². The molecule has 29 heavy (non-hydrogen) atoms. The number of aromatic nitrogens is 1. The Morgan fingerprint density at radius 3 is 2.69 bits per heavy atom. The van der Waals surface area contributed by atoms with Crippen molar-refractivity contribution < 1.29 is 9.21 Å². The molecule has 152 valence electrons. The molecule has 0 saturated carbocycles. The second-order valence-electron chi connectivity index (χ2n) is 7.49. The molecule has 6 heteroatoms. The second kappa shape index (κ2) is 9.25. The molecule has 1 aliphatic heterocycles. The van der Waals surface area contributed by atoms with Gasteiger partial charge in [-0.2, -0.15) is 0 Å². The molecule has 2 atom stereocenters. The Balaban J connectivity index is 0.00000240. The number of nitrogens with one attached hydrogen (secondary N) is 2. The van der Waals surface area contributed by atoms with Crippen LogP contribution in [0.3, 0.4) is 0 Å². The number of amides is 1. The number of nitrogens with zero attached hydrogens (tertiary/aromatic N) is 1. The van der Waals surface area contributed by atoms with Gasteiger partial charge in [-0.05, 0) is 44.5 Å². The van der Waals surface area contributed by atoms with E-state index >= 15 is 0 Å². The Morgan fingerprint density at radius 2 is 1.93 bits per heavy atom. The van der Waals surface area contributed by atoms with E-state index in [1.165, 1.54) is 5.56 Å². The van der Waals surface area contributed by atoms with Gasteiger partial charge >= 0.3 is 0 Å². The molecule has 2 heterocycles. The predicted molar refractivity (Wildman–Crippen MR) is 117 cm³/mol. The van der Waals surface area contributed by atoms with Gasteiger partial charge in [0.2, 0.25) is 5.89 Å². The van der Waals surface area contributed by atoms with Gasteiger partial charge in [-0.3, -0.25) is 4.79 Å². The molecule has 1 fully saturated rings. The van der Waals surface area contributed by atoms with Crippen LogP contribution in [-0.2, 0) is 0 Å². The van der Waals surface area contributed by atoms with Crippen molar-refractivity contribution in [1.29, 1.82) is 0 Å². The largest absolute Gasteiger partial charge is 0.436 e. The maximum atomic E-state index is 13.0. The molecule has 1 saturated heterocycles. The van der Waals surface area contributed by atoms with E-state index in [0.717, 1.165) is 25.1 Å². The normalized spacial score (nSPS) is 18.7. The zero-order valence-electron chi connectivity index (χ0n) is 16.6. The lowest BCUT2D eigenvalue weighted by Crippen LogP contribution is -2.48. The topological polar surface area (TPSA) is 67.2 Å². The highest BCUT2D eigenvalue weighted by Gasteiger charge is 2.25. The number of aryl methyl sites for hydroxylation is 1. The van der Waals surface area contributed by atoms with Crippen molar-refractivity contribution in [3.05, 3.63) is 65.9 Å². The summed E-state index contributed by atoms with van der Waals surface area (Å²) in [6.45, 7) is 6.06. The van der Waals surface area contributed by atoms with Crippen LogP contribution in [0, 0.1) is 12.8 Å². The summed E-state index contributed by atoms with van der Waals surface area (Å²) < 4.78 is 6.00. The van der Waals surface area contributed by atoms with Crippen LogP contribution < -0.4 is 10.6 Å². The lowest BCUT2D eigenvalue weighted by molar-refractivity contribution is 0.0914. The maximum Gasteiger partial charge on any atom is 0.252 e. The molecule has 2 aromatic carbocycles. The van der Waals surface area contributed by atoms with Crippen molar-refractivity contribution in [3.8, 4) is 22.8 Å². The van der Waals surface area contributed by atoms with Crippen LogP contribution >= 0.6 is 12.4 Å². The Bertz CT molecular complexity index is 968. The fourth-order valence-corrected chi connectivity index (χ4v) is 3.59. The summed E-state index contributed by atoms with van der Waals surface area (Å²) in [7, 11) is 0. The highest BCUT2D eigenvalue weighted by molar-refractivity contribution is 6.00. The molecule has 1 aromatic heterocycles. The van der Waals surface area contributed by atoms with Gasteiger partial charge < -0.3 is 15.1 Å². The maximum absolute atomic E-state index is 13.0. The molecule has 1 aliphatic rings. The van der Waals surface area contributed by atoms with Crippen LogP contribution in [0.2, 0.25) is 0 Å². The van der Waals surface area contributed by atoms with E-state index in [0.29, 0.717) is 28.7 Å². The number of halogens is 1. The zero-order valence-corrected chi connectivity index (χ0v) is 17.5. The first-order valence-electron chi connectivity index (χ1n) is 9.75. The first-order valence-corrected chi connectivity index (χ1v) is 9.75. The number of rotatable bonds is 4. The predicted octanol–water partition coefficient (Wildman–Crippen LogP) is 4.47. The number of benzene rings is 2. The van der Waals surface area contributed by atoms with E-state index in [4.69, 9.17) is 4.42 Å². The van der Waals surface area contributed by atoms with E-state index in [2.05, 4.69) is 22.5 Å². The van der Waals surface area contributed by atoms with Crippen LogP contribution in [0.5, 0.6) is 0 Å². The highest BCUT2D eigenvalue weighted by Crippen LogP contribution is 2.28. The number of hydrogen-bond acceptors (Lipinski definition) is 4. The molecule has 1 amide bonds. The molecular formula is C23H26ClN3O2. The smallest absolute Gasteiger partial charge is 0.252 e. The van der Waals surface area contributed by atoms with Gasteiger partial charge in [0.25, 0.3) is 5.91 Å². The van der Waals surface area contributed by atoms with Gasteiger partial charge in [0.1, 0.15) is 0 Å². The SMILES string of the molecule is Cc1ccc(-c2cnc(-c3ccccc3C(=O)NC3CCNCC3C)o2)cc1.Cl. The summed E-state index contributed by atoms with van der Waals surface area (Å²) in [5.41, 5.74) is 3.46. The minimum atomic E-state index is -0.0792. The number of carbonyl (C=O) groups is 1. The van der Waals surface area contributed by atoms with Crippen molar-refractivity contribution in [2.75, 3.05) is 13.1 Å². The lowest BCUT2D eigenvalue weighted by atomic mass is 9.94. The molecule has 2 unspecified atom stereocenters. The summed E-state index contributed by atoms with van der Waals surface area (Å²) in [6.07, 6.45) is 2.65. The fourth-order valence-electron chi connectivity index (χ4n) is 3.59. The van der Waals surface area contributed by atoms with Crippen LogP contribution in [0.1, 0.15) is 29.3 Å². The van der Waals surface area contributed by atoms with E-state index in [1.54, 1.807) is 6.20 Å². The van der Waals surface area contributed by atoms with Gasteiger partial charge in [-0.1, -0.05) is 48.9 Å². The molecule has 4 rings (SSSR count). The number of carbonyl (C=O) groups excluding carboxylic acids is 1. The fraction of sp³-hybridized carbons (Fsp3) is 0.304. The molecule has 3 aromatic rings. The molecule has 5 nitrogen and oxygen atoms in total. The van der Waals surface area contributed by atoms with E-state index in [1.807, 2.05) is 55.5 Å². The van der Waals surface area contributed by atoms with Gasteiger partial charge in [0.15, 0.2) is 5.76 Å². The Labute approximate surface area is 177 Å². The third kappa shape index (κ3) is 4.69. The summed E-state index contributed by atoms with van der Waals surface area (Å²) in [6, 6.07) is 15.8. The second-order valence-corrected chi connectivity index (χ2v) is 7.49. The van der Waals surface area contributed by atoms with Gasteiger partial charge in [0, 0.05) is 17.2 Å². The zero-order chi connectivity index (χ0) is 19.5. The van der Waals surface area contributed by atoms with E-state index in [-0.39, 0.29) is 24.4 Å². The average molecular weight is 412 g/mol.